The Bertz CT molecular complexity index is 688. The molecular weight excluding hydrogens is 469 g/mol. The van der Waals surface area contributed by atoms with Crippen LogP contribution < -0.4 is 5.32 Å². The van der Waals surface area contributed by atoms with Crippen molar-refractivity contribution < 1.29 is 8.42 Å². The molecule has 1 aromatic rings. The molecule has 25 heavy (non-hydrogen) atoms. The molecule has 0 saturated carbocycles. The molecule has 0 amide bonds. The van der Waals surface area contributed by atoms with E-state index in [0.717, 1.165) is 18.1 Å². The molecule has 0 atom stereocenters. The first-order valence-electron chi connectivity index (χ1n) is 8.17. The lowest BCUT2D eigenvalue weighted by Crippen LogP contribution is -2.57. The molecule has 0 aromatic heterocycles. The van der Waals surface area contributed by atoms with E-state index in [2.05, 4.69) is 40.7 Å². The van der Waals surface area contributed by atoms with Gasteiger partial charge in [0.2, 0.25) is 0 Å². The third kappa shape index (κ3) is 5.75. The van der Waals surface area contributed by atoms with Gasteiger partial charge in [-0.2, -0.15) is 0 Å². The van der Waals surface area contributed by atoms with Crippen LogP contribution in [-0.2, 0) is 16.4 Å². The summed E-state index contributed by atoms with van der Waals surface area (Å²) in [5.41, 5.74) is 1.15. The summed E-state index contributed by atoms with van der Waals surface area (Å²) in [6, 6.07) is 8.37. The first-order valence-corrected chi connectivity index (χ1v) is 11.1. The Morgan fingerprint density at radius 2 is 1.96 bits per heavy atom. The van der Waals surface area contributed by atoms with Crippen LogP contribution in [-0.4, -0.2) is 55.7 Å². The smallest absolute Gasteiger partial charge is 0.194 e. The van der Waals surface area contributed by atoms with Crippen molar-refractivity contribution in [1.29, 1.82) is 0 Å². The van der Waals surface area contributed by atoms with Crippen LogP contribution in [0.25, 0.3) is 0 Å². The van der Waals surface area contributed by atoms with Crippen LogP contribution in [0.3, 0.4) is 0 Å². The van der Waals surface area contributed by atoms with Crippen molar-refractivity contribution in [3.63, 3.8) is 0 Å². The summed E-state index contributed by atoms with van der Waals surface area (Å²) in [5.74, 6) is 0.960. The van der Waals surface area contributed by atoms with Crippen LogP contribution in [0.5, 0.6) is 0 Å². The van der Waals surface area contributed by atoms with Gasteiger partial charge < -0.3 is 10.2 Å². The maximum Gasteiger partial charge on any atom is 0.194 e. The Morgan fingerprint density at radius 3 is 2.48 bits per heavy atom. The zero-order valence-electron chi connectivity index (χ0n) is 15.3. The van der Waals surface area contributed by atoms with Crippen LogP contribution in [0.15, 0.2) is 34.2 Å². The minimum atomic E-state index is -3.04. The number of hydrogen-bond donors (Lipinski definition) is 1. The van der Waals surface area contributed by atoms with Crippen molar-refractivity contribution in [1.82, 2.24) is 10.2 Å². The van der Waals surface area contributed by atoms with Gasteiger partial charge in [-0.15, -0.1) is 35.7 Å². The molecule has 0 radical (unpaired) electrons. The van der Waals surface area contributed by atoms with Gasteiger partial charge in [-0.05, 0) is 44.7 Å². The Labute approximate surface area is 173 Å². The van der Waals surface area contributed by atoms with Crippen molar-refractivity contribution >= 4 is 51.5 Å². The minimum absolute atomic E-state index is 0. The second-order valence-corrected chi connectivity index (χ2v) is 10.1. The second kappa shape index (κ2) is 9.45. The molecule has 0 aliphatic carbocycles. The van der Waals surface area contributed by atoms with E-state index >= 15 is 0 Å². The maximum absolute atomic E-state index is 12.2. The first-order chi connectivity index (χ1) is 11.3. The van der Waals surface area contributed by atoms with E-state index in [9.17, 15) is 8.42 Å². The van der Waals surface area contributed by atoms with E-state index in [1.54, 1.807) is 25.6 Å². The van der Waals surface area contributed by atoms with Gasteiger partial charge in [0.1, 0.15) is 0 Å². The van der Waals surface area contributed by atoms with Crippen LogP contribution in [0.2, 0.25) is 0 Å². The third-order valence-electron chi connectivity index (χ3n) is 4.25. The number of guanidine groups is 1. The number of nitrogens with one attached hydrogen (secondary N) is 1. The summed E-state index contributed by atoms with van der Waals surface area (Å²) in [6.45, 7) is 7.90. The summed E-state index contributed by atoms with van der Waals surface area (Å²) in [7, 11) is -3.04. The number of benzene rings is 1. The van der Waals surface area contributed by atoms with Crippen molar-refractivity contribution in [3.8, 4) is 0 Å². The summed E-state index contributed by atoms with van der Waals surface area (Å²) < 4.78 is 23.6. The second-order valence-electron chi connectivity index (χ2n) is 6.52. The molecule has 1 N–H and O–H groups in total. The summed E-state index contributed by atoms with van der Waals surface area (Å²) in [4.78, 5) is 8.00. The van der Waals surface area contributed by atoms with E-state index in [0.29, 0.717) is 19.6 Å². The molecule has 1 aliphatic rings. The lowest BCUT2D eigenvalue weighted by molar-refractivity contribution is 0.353. The summed E-state index contributed by atoms with van der Waals surface area (Å²) >= 11 is 1.72. The molecule has 8 heteroatoms. The fraction of sp³-hybridized carbons (Fsp3) is 0.588. The molecule has 0 bridgehead atoms. The van der Waals surface area contributed by atoms with Gasteiger partial charge >= 0.3 is 0 Å². The number of thioether (sulfide) groups is 1. The van der Waals surface area contributed by atoms with E-state index in [1.807, 2.05) is 6.92 Å². The SMILES string of the molecule is CCNC(=NCc1ccc(SC)cc1)N1CCS(=O)(=O)C(C)(C)C1.I. The fourth-order valence-corrected chi connectivity index (χ4v) is 4.42. The normalized spacial score (nSPS) is 19.2. The van der Waals surface area contributed by atoms with Gasteiger partial charge in [0.15, 0.2) is 15.8 Å². The monoisotopic (exact) mass is 497 g/mol. The van der Waals surface area contributed by atoms with Crippen LogP contribution >= 0.6 is 35.7 Å². The molecule has 142 valence electrons. The predicted molar refractivity (Wildman–Crippen MR) is 118 cm³/mol. The first kappa shape index (κ1) is 22.6. The fourth-order valence-electron chi connectivity index (χ4n) is 2.65. The Kier molecular flexibility index (Phi) is 8.53. The number of halogens is 1. The number of rotatable bonds is 4. The van der Waals surface area contributed by atoms with Crippen molar-refractivity contribution in [2.24, 2.45) is 4.99 Å². The number of sulfone groups is 1. The largest absolute Gasteiger partial charge is 0.357 e. The van der Waals surface area contributed by atoms with Gasteiger partial charge in [-0.3, -0.25) is 0 Å². The van der Waals surface area contributed by atoms with Crippen molar-refractivity contribution in [2.45, 2.75) is 37.0 Å². The van der Waals surface area contributed by atoms with E-state index < -0.39 is 14.6 Å². The third-order valence-corrected chi connectivity index (χ3v) is 7.52. The van der Waals surface area contributed by atoms with E-state index in [4.69, 9.17) is 4.99 Å². The highest BCUT2D eigenvalue weighted by molar-refractivity contribution is 14.0. The van der Waals surface area contributed by atoms with Gasteiger partial charge in [0.25, 0.3) is 0 Å². The van der Waals surface area contributed by atoms with E-state index in [1.165, 1.54) is 4.90 Å². The molecule has 1 saturated heterocycles. The zero-order valence-corrected chi connectivity index (χ0v) is 19.2. The van der Waals surface area contributed by atoms with E-state index in [-0.39, 0.29) is 29.7 Å². The highest BCUT2D eigenvalue weighted by atomic mass is 127. The molecule has 2 rings (SSSR count). The molecule has 1 heterocycles. The van der Waals surface area contributed by atoms with Crippen molar-refractivity contribution in [2.75, 3.05) is 31.6 Å². The Hall–Kier alpha value is -0.480. The number of hydrogen-bond acceptors (Lipinski definition) is 4. The molecule has 0 unspecified atom stereocenters. The molecule has 0 spiro atoms. The zero-order chi connectivity index (χ0) is 17.8. The summed E-state index contributed by atoms with van der Waals surface area (Å²) in [6.07, 6.45) is 2.06. The van der Waals surface area contributed by atoms with Gasteiger partial charge in [0, 0.05) is 24.5 Å². The maximum atomic E-state index is 12.2. The lowest BCUT2D eigenvalue weighted by atomic mass is 10.2. The highest BCUT2D eigenvalue weighted by Crippen LogP contribution is 2.24. The van der Waals surface area contributed by atoms with Crippen LogP contribution in [0.1, 0.15) is 26.3 Å². The standard InChI is InChI=1S/C17H27N3O2S2.HI/c1-5-18-16(19-12-14-6-8-15(23-4)9-7-14)20-10-11-24(21,22)17(2,3)13-20;/h6-9H,5,10-13H2,1-4H3,(H,18,19);1H. The van der Waals surface area contributed by atoms with Gasteiger partial charge in [-0.1, -0.05) is 12.1 Å². The van der Waals surface area contributed by atoms with Crippen LogP contribution in [0, 0.1) is 0 Å². The predicted octanol–water partition coefficient (Wildman–Crippen LogP) is 3.00. The Morgan fingerprint density at radius 1 is 1.32 bits per heavy atom. The van der Waals surface area contributed by atoms with Gasteiger partial charge in [0.05, 0.1) is 17.0 Å². The highest BCUT2D eigenvalue weighted by Gasteiger charge is 2.40. The van der Waals surface area contributed by atoms with Crippen LogP contribution in [0.4, 0.5) is 0 Å². The van der Waals surface area contributed by atoms with Crippen molar-refractivity contribution in [3.05, 3.63) is 29.8 Å². The number of nitrogens with zero attached hydrogens (tertiary/aromatic N) is 2. The Balaban J connectivity index is 0.00000312. The quantitative estimate of drug-likeness (QED) is 0.300. The minimum Gasteiger partial charge on any atom is -0.357 e. The molecular formula is C17H28IN3O2S2. The molecule has 5 nitrogen and oxygen atoms in total. The molecule has 1 aromatic carbocycles. The summed E-state index contributed by atoms with van der Waals surface area (Å²) in [5, 5.41) is 3.29. The van der Waals surface area contributed by atoms with Gasteiger partial charge in [-0.25, -0.2) is 13.4 Å². The lowest BCUT2D eigenvalue weighted by Gasteiger charge is -2.39. The number of aliphatic imine (C=N–C) groups is 1. The average Bonchev–Trinajstić information content (AvgIpc) is 2.54. The molecule has 1 fully saturated rings. The average molecular weight is 497 g/mol. The molecule has 1 aliphatic heterocycles. The topological polar surface area (TPSA) is 61.8 Å².